The highest BCUT2D eigenvalue weighted by atomic mass is 16.5. The van der Waals surface area contributed by atoms with Crippen LogP contribution in [0.1, 0.15) is 31.1 Å². The molecule has 84 valence electrons. The van der Waals surface area contributed by atoms with Crippen molar-refractivity contribution in [3.63, 3.8) is 0 Å². The number of aliphatic hydroxyl groups is 1. The van der Waals surface area contributed by atoms with Gasteiger partial charge in [-0.3, -0.25) is 0 Å². The number of hydrogen-bond acceptors (Lipinski definition) is 4. The third kappa shape index (κ3) is 2.39. The van der Waals surface area contributed by atoms with Gasteiger partial charge in [0.2, 0.25) is 0 Å². The topological polar surface area (TPSA) is 59.7 Å². The third-order valence-electron chi connectivity index (χ3n) is 2.56. The second-order valence-electron chi connectivity index (χ2n) is 3.65. The summed E-state index contributed by atoms with van der Waals surface area (Å²) in [5.74, 6) is 0.746. The van der Waals surface area contributed by atoms with Crippen molar-refractivity contribution >= 4 is 0 Å². The van der Waals surface area contributed by atoms with Gasteiger partial charge in [-0.15, -0.1) is 0 Å². The standard InChI is InChI=1S/C11H16O4/c1-6(8(3)12)11-7(2)9(14-4)5-10(13)15-11/h5-6,8,12H,1-4H3/t6-,8-/m0/s1. The van der Waals surface area contributed by atoms with Gasteiger partial charge in [-0.2, -0.15) is 0 Å². The maximum Gasteiger partial charge on any atom is 0.339 e. The van der Waals surface area contributed by atoms with E-state index >= 15 is 0 Å². The van der Waals surface area contributed by atoms with Crippen LogP contribution in [0.4, 0.5) is 0 Å². The van der Waals surface area contributed by atoms with Crippen LogP contribution in [0.15, 0.2) is 15.3 Å². The SMILES string of the molecule is COc1cc(=O)oc([C@@H](C)[C@H](C)O)c1C. The molecule has 4 heteroatoms. The maximum atomic E-state index is 11.2. The van der Waals surface area contributed by atoms with Crippen LogP contribution >= 0.6 is 0 Å². The quantitative estimate of drug-likeness (QED) is 0.823. The minimum atomic E-state index is -0.570. The van der Waals surface area contributed by atoms with Crippen LogP contribution in [0.25, 0.3) is 0 Å². The normalized spacial score (nSPS) is 14.7. The van der Waals surface area contributed by atoms with Gasteiger partial charge >= 0.3 is 5.63 Å². The molecule has 0 saturated heterocycles. The van der Waals surface area contributed by atoms with Crippen LogP contribution in [-0.2, 0) is 0 Å². The van der Waals surface area contributed by atoms with E-state index in [1.54, 1.807) is 20.8 Å². The van der Waals surface area contributed by atoms with Gasteiger partial charge in [0.1, 0.15) is 11.5 Å². The van der Waals surface area contributed by atoms with E-state index in [2.05, 4.69) is 0 Å². The molecule has 0 aromatic carbocycles. The Kier molecular flexibility index (Phi) is 3.52. The molecule has 0 spiro atoms. The minimum Gasteiger partial charge on any atom is -0.496 e. The Bertz CT molecular complexity index is 392. The van der Waals surface area contributed by atoms with Crippen LogP contribution in [0.5, 0.6) is 5.75 Å². The summed E-state index contributed by atoms with van der Waals surface area (Å²) in [6, 6.07) is 1.30. The van der Waals surface area contributed by atoms with E-state index in [1.165, 1.54) is 13.2 Å². The molecular weight excluding hydrogens is 196 g/mol. The van der Waals surface area contributed by atoms with Crippen LogP contribution in [0, 0.1) is 6.92 Å². The summed E-state index contributed by atoms with van der Waals surface area (Å²) in [5, 5.41) is 9.45. The van der Waals surface area contributed by atoms with E-state index in [4.69, 9.17) is 9.15 Å². The highest BCUT2D eigenvalue weighted by molar-refractivity contribution is 5.34. The van der Waals surface area contributed by atoms with Gasteiger partial charge in [0.15, 0.2) is 0 Å². The smallest absolute Gasteiger partial charge is 0.339 e. The molecule has 1 aromatic heterocycles. The predicted molar refractivity (Wildman–Crippen MR) is 56.4 cm³/mol. The van der Waals surface area contributed by atoms with Gasteiger partial charge in [0.25, 0.3) is 0 Å². The van der Waals surface area contributed by atoms with E-state index in [0.29, 0.717) is 11.5 Å². The average Bonchev–Trinajstić information content (AvgIpc) is 2.19. The van der Waals surface area contributed by atoms with Gasteiger partial charge < -0.3 is 14.3 Å². The van der Waals surface area contributed by atoms with Crippen molar-refractivity contribution in [1.82, 2.24) is 0 Å². The van der Waals surface area contributed by atoms with Crippen LogP contribution < -0.4 is 10.4 Å². The Balaban J connectivity index is 3.29. The summed E-state index contributed by atoms with van der Waals surface area (Å²) in [5.41, 5.74) is 0.297. The second-order valence-corrected chi connectivity index (χ2v) is 3.65. The van der Waals surface area contributed by atoms with Gasteiger partial charge in [0, 0.05) is 11.5 Å². The monoisotopic (exact) mass is 212 g/mol. The molecule has 0 aliphatic carbocycles. The molecule has 0 radical (unpaired) electrons. The van der Waals surface area contributed by atoms with Crippen LogP contribution in [-0.4, -0.2) is 18.3 Å². The zero-order valence-corrected chi connectivity index (χ0v) is 9.40. The molecule has 0 unspecified atom stereocenters. The van der Waals surface area contributed by atoms with Crippen molar-refractivity contribution in [2.75, 3.05) is 7.11 Å². The highest BCUT2D eigenvalue weighted by Crippen LogP contribution is 2.27. The molecular formula is C11H16O4. The minimum absolute atomic E-state index is 0.229. The molecule has 0 bridgehead atoms. The number of aliphatic hydroxyl groups excluding tert-OH is 1. The van der Waals surface area contributed by atoms with Crippen molar-refractivity contribution in [3.8, 4) is 5.75 Å². The van der Waals surface area contributed by atoms with E-state index < -0.39 is 11.7 Å². The fraction of sp³-hybridized carbons (Fsp3) is 0.545. The Morgan fingerprint density at radius 3 is 2.53 bits per heavy atom. The molecule has 2 atom stereocenters. The summed E-state index contributed by atoms with van der Waals surface area (Å²) in [4.78, 5) is 11.2. The van der Waals surface area contributed by atoms with Crippen LogP contribution in [0.2, 0.25) is 0 Å². The second kappa shape index (κ2) is 4.49. The van der Waals surface area contributed by atoms with Crippen molar-refractivity contribution < 1.29 is 14.3 Å². The van der Waals surface area contributed by atoms with Gasteiger partial charge in [-0.05, 0) is 13.8 Å². The third-order valence-corrected chi connectivity index (χ3v) is 2.56. The fourth-order valence-electron chi connectivity index (χ4n) is 1.42. The van der Waals surface area contributed by atoms with E-state index in [0.717, 1.165) is 5.56 Å². The molecule has 0 aliphatic rings. The first-order valence-corrected chi connectivity index (χ1v) is 4.84. The zero-order valence-electron chi connectivity index (χ0n) is 9.40. The lowest BCUT2D eigenvalue weighted by Crippen LogP contribution is -2.15. The summed E-state index contributed by atoms with van der Waals surface area (Å²) < 4.78 is 10.1. The molecule has 0 aliphatic heterocycles. The predicted octanol–water partition coefficient (Wildman–Crippen LogP) is 1.44. The molecule has 1 N–H and O–H groups in total. The Hall–Kier alpha value is -1.29. The molecule has 1 heterocycles. The first-order chi connectivity index (χ1) is 6.97. The Morgan fingerprint density at radius 2 is 2.07 bits per heavy atom. The highest BCUT2D eigenvalue weighted by Gasteiger charge is 2.19. The van der Waals surface area contributed by atoms with E-state index in [1.807, 2.05) is 0 Å². The summed E-state index contributed by atoms with van der Waals surface area (Å²) in [6.07, 6.45) is -0.570. The lowest BCUT2D eigenvalue weighted by atomic mass is 9.99. The van der Waals surface area contributed by atoms with Crippen LogP contribution in [0.3, 0.4) is 0 Å². The molecule has 0 amide bonds. The molecule has 0 fully saturated rings. The lowest BCUT2D eigenvalue weighted by molar-refractivity contribution is 0.155. The number of rotatable bonds is 3. The Labute approximate surface area is 88.5 Å². The van der Waals surface area contributed by atoms with E-state index in [-0.39, 0.29) is 5.92 Å². The van der Waals surface area contributed by atoms with Crippen molar-refractivity contribution in [2.24, 2.45) is 0 Å². The molecule has 4 nitrogen and oxygen atoms in total. The first kappa shape index (κ1) is 11.8. The number of ether oxygens (including phenoxy) is 1. The van der Waals surface area contributed by atoms with Crippen molar-refractivity contribution in [2.45, 2.75) is 32.8 Å². The molecule has 0 saturated carbocycles. The summed E-state index contributed by atoms with van der Waals surface area (Å²) in [7, 11) is 1.50. The fourth-order valence-corrected chi connectivity index (χ4v) is 1.42. The largest absolute Gasteiger partial charge is 0.496 e. The average molecular weight is 212 g/mol. The molecule has 1 rings (SSSR count). The summed E-state index contributed by atoms with van der Waals surface area (Å²) in [6.45, 7) is 5.26. The van der Waals surface area contributed by atoms with Gasteiger partial charge in [0.05, 0.1) is 19.3 Å². The number of methoxy groups -OCH3 is 1. The first-order valence-electron chi connectivity index (χ1n) is 4.84. The summed E-state index contributed by atoms with van der Waals surface area (Å²) >= 11 is 0. The number of hydrogen-bond donors (Lipinski definition) is 1. The maximum absolute atomic E-state index is 11.2. The lowest BCUT2D eigenvalue weighted by Gasteiger charge is -2.16. The van der Waals surface area contributed by atoms with E-state index in [9.17, 15) is 9.90 Å². The zero-order chi connectivity index (χ0) is 11.6. The van der Waals surface area contributed by atoms with Gasteiger partial charge in [-0.1, -0.05) is 6.92 Å². The molecule has 1 aromatic rings. The van der Waals surface area contributed by atoms with Crippen molar-refractivity contribution in [1.29, 1.82) is 0 Å². The van der Waals surface area contributed by atoms with Crippen molar-refractivity contribution in [3.05, 3.63) is 27.8 Å². The van der Waals surface area contributed by atoms with Gasteiger partial charge in [-0.25, -0.2) is 4.79 Å². The molecule has 15 heavy (non-hydrogen) atoms. The Morgan fingerprint density at radius 1 is 1.47 bits per heavy atom.